The first-order valence-electron chi connectivity index (χ1n) is 7.60. The first-order chi connectivity index (χ1) is 9.62. The van der Waals surface area contributed by atoms with E-state index in [4.69, 9.17) is 9.47 Å². The van der Waals surface area contributed by atoms with Crippen LogP contribution in [0.3, 0.4) is 0 Å². The first kappa shape index (κ1) is 15.2. The molecule has 0 bridgehead atoms. The Balaban J connectivity index is 2.08. The van der Waals surface area contributed by atoms with Gasteiger partial charge >= 0.3 is 0 Å². The molecule has 2 unspecified atom stereocenters. The Morgan fingerprint density at radius 2 is 1.80 bits per heavy atom. The maximum absolute atomic E-state index is 6.21. The molecular formula is C17H27NO2. The molecule has 2 atom stereocenters. The van der Waals surface area contributed by atoms with Crippen LogP contribution < -0.4 is 14.8 Å². The average Bonchev–Trinajstić information content (AvgIpc) is 2.39. The van der Waals surface area contributed by atoms with E-state index >= 15 is 0 Å². The molecule has 1 aromatic rings. The van der Waals surface area contributed by atoms with Crippen LogP contribution in [0.5, 0.6) is 11.5 Å². The molecule has 3 nitrogen and oxygen atoms in total. The van der Waals surface area contributed by atoms with Gasteiger partial charge in [-0.3, -0.25) is 0 Å². The van der Waals surface area contributed by atoms with Gasteiger partial charge in [0.15, 0.2) is 11.5 Å². The van der Waals surface area contributed by atoms with E-state index in [1.807, 2.05) is 13.1 Å². The van der Waals surface area contributed by atoms with Crippen LogP contribution in [-0.2, 0) is 6.54 Å². The Hall–Kier alpha value is -1.22. The number of rotatable bonds is 5. The summed E-state index contributed by atoms with van der Waals surface area (Å²) in [7, 11) is 3.65. The predicted molar refractivity (Wildman–Crippen MR) is 82.4 cm³/mol. The maximum atomic E-state index is 6.21. The van der Waals surface area contributed by atoms with E-state index in [0.29, 0.717) is 6.10 Å². The molecule has 1 N–H and O–H groups in total. The van der Waals surface area contributed by atoms with Crippen LogP contribution in [0, 0.1) is 11.8 Å². The summed E-state index contributed by atoms with van der Waals surface area (Å²) in [6, 6.07) is 6.20. The fourth-order valence-corrected chi connectivity index (χ4v) is 3.27. The Morgan fingerprint density at radius 3 is 2.40 bits per heavy atom. The summed E-state index contributed by atoms with van der Waals surface area (Å²) in [6.45, 7) is 5.48. The van der Waals surface area contributed by atoms with E-state index < -0.39 is 0 Å². The van der Waals surface area contributed by atoms with Crippen molar-refractivity contribution in [3.05, 3.63) is 23.8 Å². The molecule has 0 saturated heterocycles. The molecule has 1 aliphatic carbocycles. The van der Waals surface area contributed by atoms with Gasteiger partial charge in [0.05, 0.1) is 13.2 Å². The number of methoxy groups -OCH3 is 1. The highest BCUT2D eigenvalue weighted by atomic mass is 16.5. The monoisotopic (exact) mass is 277 g/mol. The van der Waals surface area contributed by atoms with E-state index in [1.165, 1.54) is 12.0 Å². The summed E-state index contributed by atoms with van der Waals surface area (Å²) in [5, 5.41) is 3.15. The lowest BCUT2D eigenvalue weighted by molar-refractivity contribution is 0.0979. The molecule has 1 aliphatic rings. The molecule has 1 fully saturated rings. The molecule has 0 aromatic heterocycles. The van der Waals surface area contributed by atoms with Crippen molar-refractivity contribution >= 4 is 0 Å². The minimum absolute atomic E-state index is 0.317. The zero-order valence-corrected chi connectivity index (χ0v) is 13.1. The Kier molecular flexibility index (Phi) is 5.30. The van der Waals surface area contributed by atoms with E-state index in [-0.39, 0.29) is 0 Å². The smallest absolute Gasteiger partial charge is 0.161 e. The molecule has 0 aliphatic heterocycles. The van der Waals surface area contributed by atoms with Crippen molar-refractivity contribution in [1.82, 2.24) is 5.32 Å². The standard InChI is InChI=1S/C17H27NO2/c1-12-7-13(2)9-15(8-12)20-16-6-5-14(11-18-3)10-17(16)19-4/h5-6,10,12-13,15,18H,7-9,11H2,1-4H3. The molecule has 0 heterocycles. The third-order valence-electron chi connectivity index (χ3n) is 4.04. The van der Waals surface area contributed by atoms with Crippen molar-refractivity contribution in [1.29, 1.82) is 0 Å². The third-order valence-corrected chi connectivity index (χ3v) is 4.04. The molecule has 3 heteroatoms. The topological polar surface area (TPSA) is 30.5 Å². The van der Waals surface area contributed by atoms with Crippen LogP contribution in [0.2, 0.25) is 0 Å². The normalized spacial score (nSPS) is 26.3. The van der Waals surface area contributed by atoms with Crippen molar-refractivity contribution in [3.63, 3.8) is 0 Å². The molecule has 2 rings (SSSR count). The lowest BCUT2D eigenvalue weighted by atomic mass is 9.82. The Morgan fingerprint density at radius 1 is 1.10 bits per heavy atom. The van der Waals surface area contributed by atoms with Crippen molar-refractivity contribution in [3.8, 4) is 11.5 Å². The second-order valence-electron chi connectivity index (χ2n) is 6.17. The minimum Gasteiger partial charge on any atom is -0.493 e. The van der Waals surface area contributed by atoms with Crippen LogP contribution in [0.1, 0.15) is 38.7 Å². The first-order valence-corrected chi connectivity index (χ1v) is 7.60. The Bertz CT molecular complexity index is 423. The molecule has 0 spiro atoms. The lowest BCUT2D eigenvalue weighted by Gasteiger charge is -2.32. The van der Waals surface area contributed by atoms with Crippen LogP contribution in [0.25, 0.3) is 0 Å². The predicted octanol–water partition coefficient (Wildman–Crippen LogP) is 3.62. The third kappa shape index (κ3) is 3.89. The summed E-state index contributed by atoms with van der Waals surface area (Å²) in [6.07, 6.45) is 3.92. The lowest BCUT2D eigenvalue weighted by Crippen LogP contribution is -2.28. The number of ether oxygens (including phenoxy) is 2. The fourth-order valence-electron chi connectivity index (χ4n) is 3.27. The van der Waals surface area contributed by atoms with Crippen molar-refractivity contribution in [2.45, 2.75) is 45.8 Å². The van der Waals surface area contributed by atoms with Gasteiger partial charge in [0, 0.05) is 6.54 Å². The molecule has 1 aromatic carbocycles. The van der Waals surface area contributed by atoms with E-state index in [1.54, 1.807) is 7.11 Å². The van der Waals surface area contributed by atoms with Crippen LogP contribution in [-0.4, -0.2) is 20.3 Å². The molecule has 0 amide bonds. The van der Waals surface area contributed by atoms with Crippen LogP contribution in [0.15, 0.2) is 18.2 Å². The zero-order chi connectivity index (χ0) is 14.5. The minimum atomic E-state index is 0.317. The molecular weight excluding hydrogens is 250 g/mol. The number of nitrogens with one attached hydrogen (secondary N) is 1. The van der Waals surface area contributed by atoms with Gasteiger partial charge in [-0.2, -0.15) is 0 Å². The van der Waals surface area contributed by atoms with E-state index in [0.717, 1.165) is 42.7 Å². The summed E-state index contributed by atoms with van der Waals surface area (Å²) in [5.74, 6) is 3.21. The molecule has 1 saturated carbocycles. The SMILES string of the molecule is CNCc1ccc(OC2CC(C)CC(C)C2)c(OC)c1. The average molecular weight is 277 g/mol. The Labute approximate surface area is 122 Å². The van der Waals surface area contributed by atoms with Gasteiger partial charge < -0.3 is 14.8 Å². The van der Waals surface area contributed by atoms with Gasteiger partial charge in [0.25, 0.3) is 0 Å². The maximum Gasteiger partial charge on any atom is 0.161 e. The summed E-state index contributed by atoms with van der Waals surface area (Å²) >= 11 is 0. The van der Waals surface area contributed by atoms with Crippen molar-refractivity contribution in [2.24, 2.45) is 11.8 Å². The number of hydrogen-bond donors (Lipinski definition) is 1. The van der Waals surface area contributed by atoms with E-state index in [2.05, 4.69) is 31.3 Å². The van der Waals surface area contributed by atoms with Gasteiger partial charge in [0.1, 0.15) is 0 Å². The van der Waals surface area contributed by atoms with Gasteiger partial charge in [0.2, 0.25) is 0 Å². The fraction of sp³-hybridized carbons (Fsp3) is 0.647. The van der Waals surface area contributed by atoms with Crippen molar-refractivity contribution in [2.75, 3.05) is 14.2 Å². The second-order valence-corrected chi connectivity index (χ2v) is 6.17. The highest BCUT2D eigenvalue weighted by Gasteiger charge is 2.26. The van der Waals surface area contributed by atoms with Gasteiger partial charge in [-0.1, -0.05) is 19.9 Å². The van der Waals surface area contributed by atoms with Crippen molar-refractivity contribution < 1.29 is 9.47 Å². The van der Waals surface area contributed by atoms with Gasteiger partial charge in [-0.25, -0.2) is 0 Å². The largest absolute Gasteiger partial charge is 0.493 e. The quantitative estimate of drug-likeness (QED) is 0.891. The highest BCUT2D eigenvalue weighted by molar-refractivity contribution is 5.43. The van der Waals surface area contributed by atoms with Gasteiger partial charge in [-0.05, 0) is 55.8 Å². The number of hydrogen-bond acceptors (Lipinski definition) is 3. The molecule has 112 valence electrons. The second kappa shape index (κ2) is 6.98. The van der Waals surface area contributed by atoms with Crippen LogP contribution in [0.4, 0.5) is 0 Å². The molecule has 0 radical (unpaired) electrons. The van der Waals surface area contributed by atoms with E-state index in [9.17, 15) is 0 Å². The zero-order valence-electron chi connectivity index (χ0n) is 13.1. The molecule has 20 heavy (non-hydrogen) atoms. The summed E-state index contributed by atoms with van der Waals surface area (Å²) in [4.78, 5) is 0. The summed E-state index contributed by atoms with van der Waals surface area (Å²) in [5.41, 5.74) is 1.21. The van der Waals surface area contributed by atoms with Gasteiger partial charge in [-0.15, -0.1) is 0 Å². The van der Waals surface area contributed by atoms with Crippen LogP contribution >= 0.6 is 0 Å². The number of benzene rings is 1. The summed E-state index contributed by atoms with van der Waals surface area (Å²) < 4.78 is 11.7. The highest BCUT2D eigenvalue weighted by Crippen LogP contribution is 2.35.